The van der Waals surface area contributed by atoms with E-state index >= 15 is 0 Å². The van der Waals surface area contributed by atoms with Gasteiger partial charge < -0.3 is 10.1 Å². The molecular weight excluding hydrogens is 253 g/mol. The minimum absolute atomic E-state index is 0.0638. The molecule has 0 aromatic heterocycles. The zero-order chi connectivity index (χ0) is 15.3. The maximum absolute atomic E-state index is 14.0. The minimum Gasteiger partial charge on any atom is -0.496 e. The zero-order valence-corrected chi connectivity index (χ0v) is 13.5. The molecule has 0 bridgehead atoms. The molecule has 0 radical (unpaired) electrons. The molecule has 20 heavy (non-hydrogen) atoms. The number of ether oxygens (including phenoxy) is 1. The summed E-state index contributed by atoms with van der Waals surface area (Å²) in [4.78, 5) is 0. The molecule has 0 fully saturated rings. The number of benzene rings is 1. The van der Waals surface area contributed by atoms with Gasteiger partial charge in [-0.2, -0.15) is 0 Å². The Morgan fingerprint density at radius 1 is 1.10 bits per heavy atom. The lowest BCUT2D eigenvalue weighted by molar-refractivity contribution is 0.266. The first kappa shape index (κ1) is 17.0. The second-order valence-electron chi connectivity index (χ2n) is 6.14. The Hall–Kier alpha value is -1.09. The van der Waals surface area contributed by atoms with Gasteiger partial charge in [0.2, 0.25) is 0 Å². The topological polar surface area (TPSA) is 21.3 Å². The number of halogens is 1. The highest BCUT2D eigenvalue weighted by molar-refractivity contribution is 5.36. The number of rotatable bonds is 7. The summed E-state index contributed by atoms with van der Waals surface area (Å²) in [6.45, 7) is 11.8. The third kappa shape index (κ3) is 4.20. The van der Waals surface area contributed by atoms with Crippen LogP contribution in [0.3, 0.4) is 0 Å². The third-order valence-electron chi connectivity index (χ3n) is 4.04. The van der Waals surface area contributed by atoms with Crippen LogP contribution in [0.15, 0.2) is 18.2 Å². The van der Waals surface area contributed by atoms with E-state index in [2.05, 4.69) is 33.0 Å². The third-order valence-corrected chi connectivity index (χ3v) is 4.04. The van der Waals surface area contributed by atoms with Crippen molar-refractivity contribution in [1.29, 1.82) is 0 Å². The van der Waals surface area contributed by atoms with Gasteiger partial charge in [0.1, 0.15) is 11.6 Å². The fourth-order valence-corrected chi connectivity index (χ4v) is 2.77. The van der Waals surface area contributed by atoms with Crippen LogP contribution in [-0.2, 0) is 0 Å². The number of nitrogens with one attached hydrogen (secondary N) is 1. The molecule has 0 aliphatic rings. The molecule has 1 rings (SSSR count). The van der Waals surface area contributed by atoms with Gasteiger partial charge in [-0.05, 0) is 43.4 Å². The molecule has 1 aromatic rings. The van der Waals surface area contributed by atoms with Crippen LogP contribution in [0.1, 0.15) is 46.2 Å². The number of hydrogen-bond acceptors (Lipinski definition) is 2. The lowest BCUT2D eigenvalue weighted by atomic mass is 9.85. The van der Waals surface area contributed by atoms with Gasteiger partial charge >= 0.3 is 0 Å². The van der Waals surface area contributed by atoms with Crippen LogP contribution < -0.4 is 10.1 Å². The first-order valence-electron chi connectivity index (χ1n) is 7.44. The maximum atomic E-state index is 14.0. The summed E-state index contributed by atoms with van der Waals surface area (Å²) in [7, 11) is 1.58. The molecule has 0 aliphatic heterocycles. The van der Waals surface area contributed by atoms with Crippen LogP contribution in [0.4, 0.5) is 4.39 Å². The average molecular weight is 281 g/mol. The average Bonchev–Trinajstić information content (AvgIpc) is 2.37. The number of methoxy groups -OCH3 is 1. The van der Waals surface area contributed by atoms with E-state index in [0.717, 1.165) is 6.54 Å². The van der Waals surface area contributed by atoms with Crippen LogP contribution in [0.25, 0.3) is 0 Å². The Morgan fingerprint density at radius 2 is 1.70 bits per heavy atom. The van der Waals surface area contributed by atoms with E-state index in [1.54, 1.807) is 19.2 Å². The first-order valence-corrected chi connectivity index (χ1v) is 7.44. The maximum Gasteiger partial charge on any atom is 0.131 e. The van der Waals surface area contributed by atoms with E-state index in [9.17, 15) is 4.39 Å². The first-order chi connectivity index (χ1) is 9.38. The Labute approximate surface area is 122 Å². The Morgan fingerprint density at radius 3 is 2.20 bits per heavy atom. The van der Waals surface area contributed by atoms with Crippen molar-refractivity contribution in [2.24, 2.45) is 17.8 Å². The molecule has 0 heterocycles. The highest BCUT2D eigenvalue weighted by atomic mass is 19.1. The smallest absolute Gasteiger partial charge is 0.131 e. The van der Waals surface area contributed by atoms with Gasteiger partial charge in [0.15, 0.2) is 0 Å². The van der Waals surface area contributed by atoms with Gasteiger partial charge in [0.25, 0.3) is 0 Å². The van der Waals surface area contributed by atoms with Gasteiger partial charge in [-0.1, -0.05) is 33.8 Å². The van der Waals surface area contributed by atoms with Crippen molar-refractivity contribution in [2.75, 3.05) is 13.7 Å². The second-order valence-corrected chi connectivity index (χ2v) is 6.14. The Kier molecular flexibility index (Phi) is 6.47. The van der Waals surface area contributed by atoms with E-state index in [-0.39, 0.29) is 11.9 Å². The van der Waals surface area contributed by atoms with Gasteiger partial charge in [0.05, 0.1) is 7.11 Å². The van der Waals surface area contributed by atoms with Gasteiger partial charge in [0, 0.05) is 11.6 Å². The molecule has 0 amide bonds. The molecule has 1 N–H and O–H groups in total. The molecule has 0 spiro atoms. The predicted octanol–water partition coefficient (Wildman–Crippen LogP) is 4.41. The molecule has 1 atom stereocenters. The second kappa shape index (κ2) is 7.63. The Bertz CT molecular complexity index is 409. The number of hydrogen-bond donors (Lipinski definition) is 1. The molecule has 3 heteroatoms. The predicted molar refractivity (Wildman–Crippen MR) is 82.5 cm³/mol. The molecule has 114 valence electrons. The Balaban J connectivity index is 2.79. The van der Waals surface area contributed by atoms with Crippen molar-refractivity contribution in [1.82, 2.24) is 5.32 Å². The standard InChI is InChI=1S/C17H28FNO/c1-11(2)14(12(3)4)10-19-13(5)17-15(18)8-7-9-16(17)20-6/h7-9,11-14,19H,10H2,1-6H3. The van der Waals surface area contributed by atoms with Crippen molar-refractivity contribution in [3.8, 4) is 5.75 Å². The lowest BCUT2D eigenvalue weighted by Gasteiger charge is -2.27. The van der Waals surface area contributed by atoms with Crippen LogP contribution in [-0.4, -0.2) is 13.7 Å². The van der Waals surface area contributed by atoms with Crippen molar-refractivity contribution in [2.45, 2.75) is 40.7 Å². The van der Waals surface area contributed by atoms with Gasteiger partial charge in [-0.25, -0.2) is 4.39 Å². The van der Waals surface area contributed by atoms with Crippen molar-refractivity contribution in [3.05, 3.63) is 29.6 Å². The van der Waals surface area contributed by atoms with Crippen LogP contribution in [0, 0.1) is 23.6 Å². The van der Waals surface area contributed by atoms with E-state index in [1.807, 2.05) is 6.92 Å². The summed E-state index contributed by atoms with van der Waals surface area (Å²) in [5, 5.41) is 3.46. The van der Waals surface area contributed by atoms with E-state index < -0.39 is 0 Å². The molecule has 1 unspecified atom stereocenters. The quantitative estimate of drug-likeness (QED) is 0.799. The molecular formula is C17H28FNO. The highest BCUT2D eigenvalue weighted by Gasteiger charge is 2.21. The molecule has 1 aromatic carbocycles. The van der Waals surface area contributed by atoms with E-state index in [1.165, 1.54) is 6.07 Å². The fraction of sp³-hybridized carbons (Fsp3) is 0.647. The summed E-state index contributed by atoms with van der Waals surface area (Å²) < 4.78 is 19.3. The van der Waals surface area contributed by atoms with Crippen molar-refractivity contribution in [3.63, 3.8) is 0 Å². The molecule has 0 saturated carbocycles. The summed E-state index contributed by atoms with van der Waals surface area (Å²) in [5.41, 5.74) is 0.612. The monoisotopic (exact) mass is 281 g/mol. The normalized spacial score (nSPS) is 13.3. The molecule has 2 nitrogen and oxygen atoms in total. The van der Waals surface area contributed by atoms with E-state index in [4.69, 9.17) is 4.74 Å². The molecule has 0 aliphatic carbocycles. The molecule has 0 saturated heterocycles. The lowest BCUT2D eigenvalue weighted by Crippen LogP contribution is -2.32. The largest absolute Gasteiger partial charge is 0.496 e. The zero-order valence-electron chi connectivity index (χ0n) is 13.5. The summed E-state index contributed by atoms with van der Waals surface area (Å²) in [6, 6.07) is 4.90. The SMILES string of the molecule is COc1cccc(F)c1C(C)NCC(C(C)C)C(C)C. The van der Waals surface area contributed by atoms with Gasteiger partial charge in [-0.3, -0.25) is 0 Å². The van der Waals surface area contributed by atoms with Crippen LogP contribution in [0.5, 0.6) is 5.75 Å². The van der Waals surface area contributed by atoms with Crippen LogP contribution >= 0.6 is 0 Å². The summed E-state index contributed by atoms with van der Waals surface area (Å²) in [5.74, 6) is 2.19. The fourth-order valence-electron chi connectivity index (χ4n) is 2.77. The van der Waals surface area contributed by atoms with E-state index in [0.29, 0.717) is 29.1 Å². The minimum atomic E-state index is -0.213. The van der Waals surface area contributed by atoms with Gasteiger partial charge in [-0.15, -0.1) is 0 Å². The summed E-state index contributed by atoms with van der Waals surface area (Å²) >= 11 is 0. The summed E-state index contributed by atoms with van der Waals surface area (Å²) in [6.07, 6.45) is 0. The van der Waals surface area contributed by atoms with Crippen molar-refractivity contribution >= 4 is 0 Å². The van der Waals surface area contributed by atoms with Crippen molar-refractivity contribution < 1.29 is 9.13 Å². The van der Waals surface area contributed by atoms with Crippen LogP contribution in [0.2, 0.25) is 0 Å². The highest BCUT2D eigenvalue weighted by Crippen LogP contribution is 2.28.